The van der Waals surface area contributed by atoms with E-state index in [1.54, 1.807) is 13.1 Å². The summed E-state index contributed by atoms with van der Waals surface area (Å²) in [5.74, 6) is 0.307. The summed E-state index contributed by atoms with van der Waals surface area (Å²) in [5, 5.41) is 6.38. The normalized spacial score (nSPS) is 10.8. The summed E-state index contributed by atoms with van der Waals surface area (Å²) in [6, 6.07) is 19.8. The molecule has 0 unspecified atom stereocenters. The van der Waals surface area contributed by atoms with Crippen LogP contribution in [0.4, 0.5) is 11.4 Å². The second-order valence-corrected chi connectivity index (χ2v) is 6.50. The van der Waals surface area contributed by atoms with Crippen LogP contribution in [0.15, 0.2) is 66.9 Å². The third kappa shape index (κ3) is 3.59. The number of anilines is 2. The molecular weight excluding hydrogens is 364 g/mol. The number of benzene rings is 3. The van der Waals surface area contributed by atoms with Crippen molar-refractivity contribution in [2.45, 2.75) is 13.8 Å². The van der Waals surface area contributed by atoms with Crippen molar-refractivity contribution in [2.24, 2.45) is 0 Å². The van der Waals surface area contributed by atoms with Crippen LogP contribution in [-0.4, -0.2) is 24.2 Å². The van der Waals surface area contributed by atoms with Crippen LogP contribution in [0.5, 0.6) is 5.75 Å². The Balaban J connectivity index is 1.94. The largest absolute Gasteiger partial charge is 0.492 e. The lowest BCUT2D eigenvalue weighted by atomic mass is 10.0. The highest BCUT2D eigenvalue weighted by Crippen LogP contribution is 2.36. The lowest BCUT2D eigenvalue weighted by molar-refractivity contribution is 0.0527. The predicted molar refractivity (Wildman–Crippen MR) is 116 cm³/mol. The molecule has 1 N–H and O–H groups in total. The van der Waals surface area contributed by atoms with Gasteiger partial charge < -0.3 is 14.8 Å². The molecule has 4 aromatic rings. The SMILES string of the molecule is CCOC(=O)c1cnc2c(ccc3ccccc32)c1Nc1ccccc1OCC. The number of hydrogen-bond donors (Lipinski definition) is 1. The molecule has 29 heavy (non-hydrogen) atoms. The Morgan fingerprint density at radius 2 is 1.72 bits per heavy atom. The molecule has 1 aromatic heterocycles. The maximum Gasteiger partial charge on any atom is 0.341 e. The van der Waals surface area contributed by atoms with Gasteiger partial charge in [0, 0.05) is 17.0 Å². The van der Waals surface area contributed by atoms with E-state index < -0.39 is 5.97 Å². The number of pyridine rings is 1. The Hall–Kier alpha value is -3.60. The fourth-order valence-electron chi connectivity index (χ4n) is 3.42. The monoisotopic (exact) mass is 386 g/mol. The Labute approximate surface area is 169 Å². The maximum absolute atomic E-state index is 12.6. The number of carbonyl (C=O) groups excluding carboxylic acids is 1. The zero-order valence-corrected chi connectivity index (χ0v) is 16.4. The number of fused-ring (bicyclic) bond motifs is 3. The first-order valence-electron chi connectivity index (χ1n) is 9.69. The molecule has 0 saturated heterocycles. The van der Waals surface area contributed by atoms with Crippen molar-refractivity contribution in [1.82, 2.24) is 4.98 Å². The summed E-state index contributed by atoms with van der Waals surface area (Å²) in [6.45, 7) is 4.57. The van der Waals surface area contributed by atoms with Gasteiger partial charge >= 0.3 is 5.97 Å². The number of ether oxygens (including phenoxy) is 2. The van der Waals surface area contributed by atoms with Gasteiger partial charge in [-0.25, -0.2) is 4.79 Å². The van der Waals surface area contributed by atoms with Gasteiger partial charge in [0.25, 0.3) is 0 Å². The topological polar surface area (TPSA) is 60.5 Å². The standard InChI is InChI=1S/C24H22N2O3/c1-3-28-21-12-8-7-11-20(21)26-23-18-14-13-16-9-5-6-10-17(16)22(18)25-15-19(23)24(27)29-4-2/h5-15H,3-4H2,1-2H3,(H,25,26). The molecule has 0 amide bonds. The lowest BCUT2D eigenvalue weighted by Gasteiger charge is -2.17. The summed E-state index contributed by atoms with van der Waals surface area (Å²) >= 11 is 0. The summed E-state index contributed by atoms with van der Waals surface area (Å²) in [7, 11) is 0. The van der Waals surface area contributed by atoms with Crippen LogP contribution in [0.3, 0.4) is 0 Å². The zero-order chi connectivity index (χ0) is 20.2. The van der Waals surface area contributed by atoms with E-state index in [9.17, 15) is 4.79 Å². The minimum atomic E-state index is -0.411. The van der Waals surface area contributed by atoms with Crippen LogP contribution in [0, 0.1) is 0 Å². The van der Waals surface area contributed by atoms with Crippen molar-refractivity contribution < 1.29 is 14.3 Å². The molecule has 4 rings (SSSR count). The van der Waals surface area contributed by atoms with Crippen molar-refractivity contribution >= 4 is 39.0 Å². The molecule has 5 nitrogen and oxygen atoms in total. The number of hydrogen-bond acceptors (Lipinski definition) is 5. The summed E-state index contributed by atoms with van der Waals surface area (Å²) in [5.41, 5.74) is 2.65. The van der Waals surface area contributed by atoms with Gasteiger partial charge in [-0.15, -0.1) is 0 Å². The van der Waals surface area contributed by atoms with E-state index in [1.807, 2.05) is 67.6 Å². The molecule has 1 heterocycles. The fourth-order valence-corrected chi connectivity index (χ4v) is 3.42. The van der Waals surface area contributed by atoms with E-state index in [2.05, 4.69) is 10.3 Å². The average molecular weight is 386 g/mol. The first-order chi connectivity index (χ1) is 14.2. The Bertz CT molecular complexity index is 1190. The second-order valence-electron chi connectivity index (χ2n) is 6.50. The molecule has 0 saturated carbocycles. The van der Waals surface area contributed by atoms with E-state index in [4.69, 9.17) is 9.47 Å². The van der Waals surface area contributed by atoms with Gasteiger partial charge in [0.1, 0.15) is 11.3 Å². The van der Waals surface area contributed by atoms with Crippen LogP contribution in [0.2, 0.25) is 0 Å². The van der Waals surface area contributed by atoms with Crippen LogP contribution >= 0.6 is 0 Å². The molecule has 5 heteroatoms. The number of carbonyl (C=O) groups is 1. The molecule has 0 aliphatic rings. The van der Waals surface area contributed by atoms with Crippen molar-refractivity contribution in [3.05, 3.63) is 72.4 Å². The van der Waals surface area contributed by atoms with E-state index in [-0.39, 0.29) is 0 Å². The highest BCUT2D eigenvalue weighted by atomic mass is 16.5. The molecule has 0 atom stereocenters. The van der Waals surface area contributed by atoms with Crippen molar-refractivity contribution in [3.63, 3.8) is 0 Å². The van der Waals surface area contributed by atoms with Crippen molar-refractivity contribution in [1.29, 1.82) is 0 Å². The van der Waals surface area contributed by atoms with Gasteiger partial charge in [-0.2, -0.15) is 0 Å². The number of nitrogens with one attached hydrogen (secondary N) is 1. The molecule has 0 aliphatic carbocycles. The van der Waals surface area contributed by atoms with Gasteiger partial charge in [-0.05, 0) is 31.4 Å². The summed E-state index contributed by atoms with van der Waals surface area (Å²) in [6.07, 6.45) is 1.58. The average Bonchev–Trinajstić information content (AvgIpc) is 2.75. The summed E-state index contributed by atoms with van der Waals surface area (Å²) < 4.78 is 11.0. The second kappa shape index (κ2) is 8.19. The zero-order valence-electron chi connectivity index (χ0n) is 16.4. The maximum atomic E-state index is 12.6. The van der Waals surface area contributed by atoms with Gasteiger partial charge in [0.2, 0.25) is 0 Å². The van der Waals surface area contributed by atoms with Gasteiger partial charge in [-0.1, -0.05) is 48.5 Å². The molecular formula is C24H22N2O3. The van der Waals surface area contributed by atoms with E-state index in [1.165, 1.54) is 0 Å². The lowest BCUT2D eigenvalue weighted by Crippen LogP contribution is -2.10. The van der Waals surface area contributed by atoms with Gasteiger partial charge in [0.05, 0.1) is 30.1 Å². The predicted octanol–water partition coefficient (Wildman–Crippen LogP) is 5.71. The van der Waals surface area contributed by atoms with E-state index in [0.29, 0.717) is 24.5 Å². The molecule has 0 fully saturated rings. The third-order valence-electron chi connectivity index (χ3n) is 4.70. The quantitative estimate of drug-likeness (QED) is 0.340. The number of esters is 1. The smallest absolute Gasteiger partial charge is 0.341 e. The number of aromatic nitrogens is 1. The number of nitrogens with zero attached hydrogens (tertiary/aromatic N) is 1. The van der Waals surface area contributed by atoms with E-state index >= 15 is 0 Å². The number of rotatable bonds is 6. The molecule has 0 bridgehead atoms. The first kappa shape index (κ1) is 18.7. The van der Waals surface area contributed by atoms with Gasteiger partial charge in [-0.3, -0.25) is 4.98 Å². The highest BCUT2D eigenvalue weighted by molar-refractivity contribution is 6.13. The summed E-state index contributed by atoms with van der Waals surface area (Å²) in [4.78, 5) is 17.2. The van der Waals surface area contributed by atoms with Crippen molar-refractivity contribution in [2.75, 3.05) is 18.5 Å². The fraction of sp³-hybridized carbons (Fsp3) is 0.167. The minimum absolute atomic E-state index is 0.295. The van der Waals surface area contributed by atoms with Crippen LogP contribution < -0.4 is 10.1 Å². The molecule has 0 spiro atoms. The van der Waals surface area contributed by atoms with E-state index in [0.717, 1.165) is 33.1 Å². The molecule has 0 radical (unpaired) electrons. The minimum Gasteiger partial charge on any atom is -0.492 e. The number of para-hydroxylation sites is 2. The highest BCUT2D eigenvalue weighted by Gasteiger charge is 2.19. The van der Waals surface area contributed by atoms with Crippen LogP contribution in [0.25, 0.3) is 21.7 Å². The molecule has 3 aromatic carbocycles. The van der Waals surface area contributed by atoms with Gasteiger partial charge in [0.15, 0.2) is 0 Å². The Morgan fingerprint density at radius 3 is 2.55 bits per heavy atom. The Morgan fingerprint density at radius 1 is 0.931 bits per heavy atom. The molecule has 146 valence electrons. The Kier molecular flexibility index (Phi) is 5.29. The third-order valence-corrected chi connectivity index (χ3v) is 4.70. The first-order valence-corrected chi connectivity index (χ1v) is 9.69. The van der Waals surface area contributed by atoms with Crippen LogP contribution in [0.1, 0.15) is 24.2 Å². The van der Waals surface area contributed by atoms with Crippen molar-refractivity contribution in [3.8, 4) is 5.75 Å². The van der Waals surface area contributed by atoms with Crippen LogP contribution in [-0.2, 0) is 4.74 Å². The molecule has 0 aliphatic heterocycles.